The van der Waals surface area contributed by atoms with Crippen LogP contribution in [-0.2, 0) is 16.6 Å². The van der Waals surface area contributed by atoms with Gasteiger partial charge in [-0.2, -0.15) is 0 Å². The maximum Gasteiger partial charge on any atom is 0.214 e. The van der Waals surface area contributed by atoms with Crippen LogP contribution in [0.15, 0.2) is 54.7 Å². The first-order valence-corrected chi connectivity index (χ1v) is 12.1. The Balaban J connectivity index is 1.68. The summed E-state index contributed by atoms with van der Waals surface area (Å²) < 4.78 is 29.6. The Labute approximate surface area is 174 Å². The second-order valence-electron chi connectivity index (χ2n) is 8.72. The molecule has 2 aromatic carbocycles. The monoisotopic (exact) mass is 410 g/mol. The molecule has 1 atom stereocenters. The van der Waals surface area contributed by atoms with E-state index >= 15 is 0 Å². The lowest BCUT2D eigenvalue weighted by Gasteiger charge is -2.12. The maximum absolute atomic E-state index is 12.2. The van der Waals surface area contributed by atoms with Gasteiger partial charge < -0.3 is 4.57 Å². The fourth-order valence-corrected chi connectivity index (χ4v) is 5.39. The van der Waals surface area contributed by atoms with E-state index in [1.807, 2.05) is 6.07 Å². The average molecular weight is 411 g/mol. The highest BCUT2D eigenvalue weighted by atomic mass is 32.2. The third-order valence-corrected chi connectivity index (χ3v) is 7.58. The highest BCUT2D eigenvalue weighted by Crippen LogP contribution is 2.33. The number of aromatic nitrogens is 1. The first kappa shape index (κ1) is 20.2. The first-order chi connectivity index (χ1) is 13.8. The van der Waals surface area contributed by atoms with E-state index in [4.69, 9.17) is 0 Å². The number of hydrogen-bond donors (Lipinski definition) is 1. The second-order valence-corrected chi connectivity index (χ2v) is 10.8. The van der Waals surface area contributed by atoms with E-state index in [-0.39, 0.29) is 11.2 Å². The smallest absolute Gasteiger partial charge is 0.214 e. The van der Waals surface area contributed by atoms with Crippen molar-refractivity contribution < 1.29 is 8.42 Å². The Morgan fingerprint density at radius 1 is 1.03 bits per heavy atom. The average Bonchev–Trinajstić information content (AvgIpc) is 3.51. The Morgan fingerprint density at radius 2 is 1.76 bits per heavy atom. The molecule has 1 fully saturated rings. The third-order valence-electron chi connectivity index (χ3n) is 5.67. The van der Waals surface area contributed by atoms with Crippen LogP contribution in [0.2, 0.25) is 0 Å². The minimum atomic E-state index is -3.16. The van der Waals surface area contributed by atoms with E-state index in [1.165, 1.54) is 27.6 Å². The predicted molar refractivity (Wildman–Crippen MR) is 121 cm³/mol. The van der Waals surface area contributed by atoms with Gasteiger partial charge in [-0.25, -0.2) is 13.1 Å². The molecule has 1 aliphatic rings. The molecule has 0 aliphatic heterocycles. The number of hydrogen-bond acceptors (Lipinski definition) is 2. The standard InChI is InChI=1S/C24H30N2O2S/c1-17(2)15-26-16-23(18(3)14-25-29(27,28)21-10-11-21)22-12-9-20(13-24(22)26)19-7-5-4-6-8-19/h4-9,12-13,16-18,21,25H,10-11,14-15H2,1-3H3. The summed E-state index contributed by atoms with van der Waals surface area (Å²) in [5.74, 6) is 0.643. The first-order valence-electron chi connectivity index (χ1n) is 10.5. The lowest BCUT2D eigenvalue weighted by molar-refractivity contribution is 0.533. The van der Waals surface area contributed by atoms with Gasteiger partial charge >= 0.3 is 0 Å². The Kier molecular flexibility index (Phi) is 5.54. The predicted octanol–water partition coefficient (Wildman–Crippen LogP) is 5.15. The maximum atomic E-state index is 12.2. The van der Waals surface area contributed by atoms with E-state index in [0.717, 1.165) is 19.4 Å². The summed E-state index contributed by atoms with van der Waals surface area (Å²) in [5, 5.41) is 1.04. The van der Waals surface area contributed by atoms with E-state index < -0.39 is 10.0 Å². The van der Waals surface area contributed by atoms with Crippen LogP contribution in [0.4, 0.5) is 0 Å². The van der Waals surface area contributed by atoms with Gasteiger partial charge in [0.05, 0.1) is 5.25 Å². The van der Waals surface area contributed by atoms with Crippen LogP contribution in [0.1, 0.15) is 45.1 Å². The van der Waals surface area contributed by atoms with Gasteiger partial charge in [0.15, 0.2) is 0 Å². The Hall–Kier alpha value is -2.11. The van der Waals surface area contributed by atoms with Gasteiger partial charge in [0, 0.05) is 30.2 Å². The zero-order chi connectivity index (χ0) is 20.6. The van der Waals surface area contributed by atoms with E-state index in [0.29, 0.717) is 12.5 Å². The summed E-state index contributed by atoms with van der Waals surface area (Å²) in [6.45, 7) is 7.93. The minimum absolute atomic E-state index is 0.113. The van der Waals surface area contributed by atoms with Gasteiger partial charge in [0.1, 0.15) is 0 Å². The van der Waals surface area contributed by atoms with Crippen LogP contribution in [0.25, 0.3) is 22.0 Å². The fourth-order valence-electron chi connectivity index (χ4n) is 3.91. The molecular weight excluding hydrogens is 380 g/mol. The van der Waals surface area contributed by atoms with E-state index in [2.05, 4.69) is 78.7 Å². The van der Waals surface area contributed by atoms with Crippen LogP contribution in [0.5, 0.6) is 0 Å². The molecule has 1 saturated carbocycles. The van der Waals surface area contributed by atoms with Gasteiger partial charge in [-0.1, -0.05) is 63.2 Å². The molecule has 4 rings (SSSR count). The van der Waals surface area contributed by atoms with Crippen molar-refractivity contribution in [3.8, 4) is 11.1 Å². The molecule has 0 spiro atoms. The molecule has 0 saturated heterocycles. The molecule has 0 amide bonds. The van der Waals surface area contributed by atoms with Crippen molar-refractivity contribution >= 4 is 20.9 Å². The Morgan fingerprint density at radius 3 is 2.41 bits per heavy atom. The van der Waals surface area contributed by atoms with Crippen LogP contribution in [0.3, 0.4) is 0 Å². The van der Waals surface area contributed by atoms with E-state index in [1.54, 1.807) is 0 Å². The van der Waals surface area contributed by atoms with Crippen molar-refractivity contribution in [2.24, 2.45) is 5.92 Å². The summed E-state index contributed by atoms with van der Waals surface area (Å²) in [6, 6.07) is 17.0. The normalized spacial score (nSPS) is 15.9. The molecule has 5 heteroatoms. The summed E-state index contributed by atoms with van der Waals surface area (Å²) in [5.41, 5.74) is 4.83. The van der Waals surface area contributed by atoms with Crippen molar-refractivity contribution in [2.45, 2.75) is 51.3 Å². The van der Waals surface area contributed by atoms with Crippen LogP contribution in [0, 0.1) is 5.92 Å². The number of nitrogens with zero attached hydrogens (tertiary/aromatic N) is 1. The SMILES string of the molecule is CC(C)Cn1cc(C(C)CNS(=O)(=O)C2CC2)c2ccc(-c3ccccc3)cc21. The van der Waals surface area contributed by atoms with E-state index in [9.17, 15) is 8.42 Å². The number of rotatable bonds is 8. The highest BCUT2D eigenvalue weighted by molar-refractivity contribution is 7.90. The zero-order valence-electron chi connectivity index (χ0n) is 17.4. The molecule has 1 heterocycles. The third kappa shape index (κ3) is 4.41. The van der Waals surface area contributed by atoms with Gasteiger partial charge in [0.2, 0.25) is 10.0 Å². The quantitative estimate of drug-likeness (QED) is 0.558. The van der Waals surface area contributed by atoms with Crippen LogP contribution >= 0.6 is 0 Å². The van der Waals surface area contributed by atoms with Crippen molar-refractivity contribution in [3.63, 3.8) is 0 Å². The largest absolute Gasteiger partial charge is 0.347 e. The molecule has 0 radical (unpaired) electrons. The molecule has 3 aromatic rings. The molecule has 154 valence electrons. The van der Waals surface area contributed by atoms with Crippen LogP contribution < -0.4 is 4.72 Å². The Bertz CT molecular complexity index is 1100. The molecule has 1 N–H and O–H groups in total. The molecule has 1 unspecified atom stereocenters. The summed E-state index contributed by atoms with van der Waals surface area (Å²) >= 11 is 0. The number of benzene rings is 2. The van der Waals surface area contributed by atoms with Gasteiger partial charge in [0.25, 0.3) is 0 Å². The zero-order valence-corrected chi connectivity index (χ0v) is 18.2. The topological polar surface area (TPSA) is 51.1 Å². The van der Waals surface area contributed by atoms with Gasteiger partial charge in [-0.3, -0.25) is 0 Å². The highest BCUT2D eigenvalue weighted by Gasteiger charge is 2.35. The van der Waals surface area contributed by atoms with Gasteiger partial charge in [-0.15, -0.1) is 0 Å². The molecule has 0 bridgehead atoms. The number of nitrogens with one attached hydrogen (secondary N) is 1. The fraction of sp³-hybridized carbons (Fsp3) is 0.417. The molecule has 4 nitrogen and oxygen atoms in total. The van der Waals surface area contributed by atoms with Crippen molar-refractivity contribution in [1.29, 1.82) is 0 Å². The van der Waals surface area contributed by atoms with Gasteiger partial charge in [-0.05, 0) is 47.4 Å². The summed E-state index contributed by atoms with van der Waals surface area (Å²) in [7, 11) is -3.16. The molecule has 1 aromatic heterocycles. The van der Waals surface area contributed by atoms with Crippen molar-refractivity contribution in [2.75, 3.05) is 6.54 Å². The lowest BCUT2D eigenvalue weighted by atomic mass is 9.98. The number of fused-ring (bicyclic) bond motifs is 1. The van der Waals surface area contributed by atoms with Crippen LogP contribution in [-0.4, -0.2) is 24.8 Å². The lowest BCUT2D eigenvalue weighted by Crippen LogP contribution is -2.30. The molecule has 29 heavy (non-hydrogen) atoms. The summed E-state index contributed by atoms with van der Waals surface area (Å²) in [4.78, 5) is 0. The summed E-state index contributed by atoms with van der Waals surface area (Å²) in [6.07, 6.45) is 3.80. The van der Waals surface area contributed by atoms with Crippen molar-refractivity contribution in [3.05, 3.63) is 60.3 Å². The minimum Gasteiger partial charge on any atom is -0.347 e. The molecule has 1 aliphatic carbocycles. The van der Waals surface area contributed by atoms with Crippen molar-refractivity contribution in [1.82, 2.24) is 9.29 Å². The molecular formula is C24H30N2O2S. The number of sulfonamides is 1. The second kappa shape index (κ2) is 7.96.